The van der Waals surface area contributed by atoms with Crippen molar-refractivity contribution in [1.29, 1.82) is 0 Å². The topological polar surface area (TPSA) is 40.5 Å². The third-order valence-corrected chi connectivity index (χ3v) is 3.18. The van der Waals surface area contributed by atoms with Crippen LogP contribution in [-0.4, -0.2) is 35.6 Å². The number of likely N-dealkylation sites (tertiary alicyclic amines) is 1. The number of likely N-dealkylation sites (N-methyl/N-ethyl adjacent to an activating group) is 1. The highest BCUT2D eigenvalue weighted by molar-refractivity contribution is 5.74. The first-order chi connectivity index (χ1) is 5.70. The molecule has 1 N–H and O–H groups in total. The third kappa shape index (κ3) is 1.22. The minimum absolute atomic E-state index is 0.197. The van der Waals surface area contributed by atoms with Crippen molar-refractivity contribution in [2.24, 2.45) is 11.8 Å². The maximum absolute atomic E-state index is 10.9. The van der Waals surface area contributed by atoms with Crippen LogP contribution in [0.25, 0.3) is 0 Å². The van der Waals surface area contributed by atoms with E-state index >= 15 is 0 Å². The number of carboxylic acid groups (broad SMARTS) is 1. The number of aliphatic carboxylic acids is 1. The van der Waals surface area contributed by atoms with Crippen LogP contribution in [0.3, 0.4) is 0 Å². The first kappa shape index (κ1) is 8.05. The van der Waals surface area contributed by atoms with E-state index in [1.165, 1.54) is 12.8 Å². The van der Waals surface area contributed by atoms with Gasteiger partial charge in [0.25, 0.3) is 0 Å². The van der Waals surface area contributed by atoms with Crippen LogP contribution in [0.4, 0.5) is 0 Å². The number of rotatable bonds is 2. The van der Waals surface area contributed by atoms with E-state index in [0.717, 1.165) is 18.9 Å². The fraction of sp³-hybridized carbons (Fsp3) is 0.889. The van der Waals surface area contributed by atoms with Crippen LogP contribution in [0, 0.1) is 11.8 Å². The van der Waals surface area contributed by atoms with Gasteiger partial charge in [-0.05, 0) is 44.7 Å². The lowest BCUT2D eigenvalue weighted by Gasteiger charge is -2.19. The van der Waals surface area contributed by atoms with Crippen LogP contribution in [-0.2, 0) is 4.79 Å². The van der Waals surface area contributed by atoms with E-state index in [0.29, 0.717) is 5.92 Å². The molecule has 0 radical (unpaired) electrons. The molecule has 1 heterocycles. The summed E-state index contributed by atoms with van der Waals surface area (Å²) in [6.45, 7) is 0.956. The smallest absolute Gasteiger partial charge is 0.321 e. The zero-order valence-electron chi connectivity index (χ0n) is 7.36. The predicted molar refractivity (Wildman–Crippen MR) is 44.9 cm³/mol. The monoisotopic (exact) mass is 169 g/mol. The molecule has 1 saturated carbocycles. The zero-order chi connectivity index (χ0) is 8.72. The van der Waals surface area contributed by atoms with Crippen molar-refractivity contribution in [3.63, 3.8) is 0 Å². The van der Waals surface area contributed by atoms with Crippen molar-refractivity contribution in [2.45, 2.75) is 25.3 Å². The Hall–Kier alpha value is -0.570. The quantitative estimate of drug-likeness (QED) is 0.664. The Bertz CT molecular complexity index is 201. The predicted octanol–water partition coefficient (Wildman–Crippen LogP) is 0.801. The van der Waals surface area contributed by atoms with Crippen molar-refractivity contribution in [2.75, 3.05) is 13.6 Å². The first-order valence-electron chi connectivity index (χ1n) is 4.63. The van der Waals surface area contributed by atoms with Gasteiger partial charge in [-0.25, -0.2) is 0 Å². The van der Waals surface area contributed by atoms with Crippen LogP contribution in [0.1, 0.15) is 19.3 Å². The van der Waals surface area contributed by atoms with Crippen molar-refractivity contribution in [3.8, 4) is 0 Å². The summed E-state index contributed by atoms with van der Waals surface area (Å²) in [5.41, 5.74) is 0. The minimum Gasteiger partial charge on any atom is -0.480 e. The van der Waals surface area contributed by atoms with Gasteiger partial charge in [0.15, 0.2) is 0 Å². The molecule has 12 heavy (non-hydrogen) atoms. The second-order valence-electron chi connectivity index (χ2n) is 4.05. The van der Waals surface area contributed by atoms with Gasteiger partial charge in [-0.1, -0.05) is 0 Å². The average molecular weight is 169 g/mol. The highest BCUT2D eigenvalue weighted by atomic mass is 16.4. The average Bonchev–Trinajstić information content (AvgIpc) is 2.75. The van der Waals surface area contributed by atoms with Crippen molar-refractivity contribution >= 4 is 5.97 Å². The van der Waals surface area contributed by atoms with E-state index in [9.17, 15) is 4.79 Å². The molecule has 1 aliphatic carbocycles. The fourth-order valence-corrected chi connectivity index (χ4v) is 2.37. The van der Waals surface area contributed by atoms with E-state index in [1.54, 1.807) is 0 Å². The minimum atomic E-state index is -0.632. The molecule has 0 aromatic carbocycles. The molecule has 0 aromatic rings. The maximum atomic E-state index is 10.9. The molecule has 0 spiro atoms. The Balaban J connectivity index is 2.07. The second-order valence-corrected chi connectivity index (χ2v) is 4.05. The molecule has 2 aliphatic rings. The molecule has 3 nitrogen and oxygen atoms in total. The second kappa shape index (κ2) is 2.73. The van der Waals surface area contributed by atoms with Gasteiger partial charge in [0.05, 0.1) is 0 Å². The number of carboxylic acids is 1. The van der Waals surface area contributed by atoms with E-state index in [2.05, 4.69) is 0 Å². The molecular weight excluding hydrogens is 154 g/mol. The van der Waals surface area contributed by atoms with Gasteiger partial charge < -0.3 is 5.11 Å². The van der Waals surface area contributed by atoms with Crippen molar-refractivity contribution in [1.82, 2.24) is 4.90 Å². The van der Waals surface area contributed by atoms with E-state index in [1.807, 2.05) is 11.9 Å². The number of carbonyl (C=O) groups is 1. The number of nitrogens with zero attached hydrogens (tertiary/aromatic N) is 1. The molecule has 2 rings (SSSR count). The van der Waals surface area contributed by atoms with Gasteiger partial charge in [0.2, 0.25) is 0 Å². The van der Waals surface area contributed by atoms with Gasteiger partial charge in [-0.2, -0.15) is 0 Å². The molecule has 2 unspecified atom stereocenters. The van der Waals surface area contributed by atoms with E-state index in [4.69, 9.17) is 5.11 Å². The Morgan fingerprint density at radius 3 is 2.58 bits per heavy atom. The molecule has 2 atom stereocenters. The van der Waals surface area contributed by atoms with E-state index in [-0.39, 0.29) is 6.04 Å². The largest absolute Gasteiger partial charge is 0.480 e. The molecule has 0 bridgehead atoms. The molecular formula is C9H15NO2. The van der Waals surface area contributed by atoms with Gasteiger partial charge in [0, 0.05) is 0 Å². The van der Waals surface area contributed by atoms with Gasteiger partial charge >= 0.3 is 5.97 Å². The van der Waals surface area contributed by atoms with Crippen LogP contribution >= 0.6 is 0 Å². The zero-order valence-corrected chi connectivity index (χ0v) is 7.36. The summed E-state index contributed by atoms with van der Waals surface area (Å²) < 4.78 is 0. The van der Waals surface area contributed by atoms with Crippen LogP contribution < -0.4 is 0 Å². The van der Waals surface area contributed by atoms with Gasteiger partial charge in [0.1, 0.15) is 6.04 Å². The first-order valence-corrected chi connectivity index (χ1v) is 4.63. The highest BCUT2D eigenvalue weighted by Gasteiger charge is 2.45. The SMILES string of the molecule is CN1CCC(C2CC2)C1C(=O)O. The normalized spacial score (nSPS) is 37.1. The summed E-state index contributed by atoms with van der Waals surface area (Å²) in [7, 11) is 1.92. The molecule has 68 valence electrons. The lowest BCUT2D eigenvalue weighted by Crippen LogP contribution is -2.37. The lowest BCUT2D eigenvalue weighted by atomic mass is 9.95. The molecule has 0 amide bonds. The third-order valence-electron chi connectivity index (χ3n) is 3.18. The summed E-state index contributed by atoms with van der Waals surface area (Å²) in [5.74, 6) is 0.524. The lowest BCUT2D eigenvalue weighted by molar-refractivity contribution is -0.143. The Labute approximate surface area is 72.4 Å². The Kier molecular flexibility index (Phi) is 1.83. The van der Waals surface area contributed by atoms with Gasteiger partial charge in [-0.3, -0.25) is 9.69 Å². The van der Waals surface area contributed by atoms with Crippen LogP contribution in [0.5, 0.6) is 0 Å². The molecule has 3 heteroatoms. The molecule has 1 aliphatic heterocycles. The Morgan fingerprint density at radius 1 is 1.42 bits per heavy atom. The summed E-state index contributed by atoms with van der Waals surface area (Å²) in [6.07, 6.45) is 3.59. The summed E-state index contributed by atoms with van der Waals surface area (Å²) in [5, 5.41) is 8.99. The van der Waals surface area contributed by atoms with Crippen LogP contribution in [0.2, 0.25) is 0 Å². The van der Waals surface area contributed by atoms with Crippen molar-refractivity contribution < 1.29 is 9.90 Å². The standard InChI is InChI=1S/C9H15NO2/c1-10-5-4-7(6-2-3-6)8(10)9(11)12/h6-8H,2-5H2,1H3,(H,11,12). The Morgan fingerprint density at radius 2 is 2.08 bits per heavy atom. The molecule has 1 saturated heterocycles. The summed E-state index contributed by atoms with van der Waals surface area (Å²) in [6, 6.07) is -0.197. The van der Waals surface area contributed by atoms with Crippen molar-refractivity contribution in [3.05, 3.63) is 0 Å². The maximum Gasteiger partial charge on any atom is 0.321 e. The highest BCUT2D eigenvalue weighted by Crippen LogP contribution is 2.44. The number of hydrogen-bond donors (Lipinski definition) is 1. The van der Waals surface area contributed by atoms with Crippen LogP contribution in [0.15, 0.2) is 0 Å². The molecule has 2 fully saturated rings. The summed E-state index contributed by atoms with van der Waals surface area (Å²) in [4.78, 5) is 12.9. The van der Waals surface area contributed by atoms with E-state index < -0.39 is 5.97 Å². The van der Waals surface area contributed by atoms with Gasteiger partial charge in [-0.15, -0.1) is 0 Å². The summed E-state index contributed by atoms with van der Waals surface area (Å²) >= 11 is 0. The molecule has 0 aromatic heterocycles. The number of hydrogen-bond acceptors (Lipinski definition) is 2. The fourth-order valence-electron chi connectivity index (χ4n) is 2.37.